The maximum Gasteiger partial charge on any atom is 0.231 e. The highest BCUT2D eigenvalue weighted by molar-refractivity contribution is 6.32. The van der Waals surface area contributed by atoms with Gasteiger partial charge in [-0.15, -0.1) is 0 Å². The quantitative estimate of drug-likeness (QED) is 0.476. The first-order valence-corrected chi connectivity index (χ1v) is 9.51. The monoisotopic (exact) mass is 408 g/mol. The van der Waals surface area contributed by atoms with E-state index in [1.807, 2.05) is 13.8 Å². The Morgan fingerprint density at radius 3 is 2.72 bits per heavy atom. The number of benzene rings is 3. The van der Waals surface area contributed by atoms with Crippen molar-refractivity contribution in [1.29, 1.82) is 0 Å². The lowest BCUT2D eigenvalue weighted by atomic mass is 10.1. The van der Waals surface area contributed by atoms with E-state index in [0.717, 1.165) is 11.1 Å². The van der Waals surface area contributed by atoms with E-state index in [1.54, 1.807) is 24.3 Å². The smallest absolute Gasteiger partial charge is 0.231 e. The second-order valence-corrected chi connectivity index (χ2v) is 7.36. The van der Waals surface area contributed by atoms with Crippen LogP contribution < -0.4 is 9.47 Å². The molecule has 0 radical (unpaired) electrons. The third kappa shape index (κ3) is 3.89. The summed E-state index contributed by atoms with van der Waals surface area (Å²) in [6, 6.07) is 15.6. The molecule has 0 fully saturated rings. The number of halogens is 2. The van der Waals surface area contributed by atoms with Crippen LogP contribution >= 0.6 is 11.6 Å². The number of fused-ring (bicyclic) bond motifs is 1. The molecule has 5 heteroatoms. The fourth-order valence-corrected chi connectivity index (χ4v) is 3.37. The molecule has 4 rings (SSSR count). The summed E-state index contributed by atoms with van der Waals surface area (Å²) in [6.45, 7) is 4.48. The highest BCUT2D eigenvalue weighted by Crippen LogP contribution is 2.36. The maximum absolute atomic E-state index is 14.0. The molecule has 1 aliphatic heterocycles. The number of ketones is 1. The standard InChI is InChI=1S/C24H18ClFO3/c1-14-6-7-15(2)16(10-14)13-28-17-8-9-18-22(11-17)29-23(24(18)27)12-19-20(25)4-3-5-21(19)26/h3-12H,13H2,1-2H3. The van der Waals surface area contributed by atoms with Gasteiger partial charge >= 0.3 is 0 Å². The summed E-state index contributed by atoms with van der Waals surface area (Å²) in [7, 11) is 0. The van der Waals surface area contributed by atoms with Crippen LogP contribution in [0, 0.1) is 19.7 Å². The molecule has 0 N–H and O–H groups in total. The first kappa shape index (κ1) is 19.2. The van der Waals surface area contributed by atoms with E-state index in [-0.39, 0.29) is 22.1 Å². The van der Waals surface area contributed by atoms with Gasteiger partial charge in [0.15, 0.2) is 5.76 Å². The van der Waals surface area contributed by atoms with Crippen LogP contribution in [0.1, 0.15) is 32.6 Å². The minimum absolute atomic E-state index is 0.0266. The maximum atomic E-state index is 14.0. The number of rotatable bonds is 4. The number of carbonyl (C=O) groups is 1. The lowest BCUT2D eigenvalue weighted by Crippen LogP contribution is -1.99. The van der Waals surface area contributed by atoms with E-state index in [2.05, 4.69) is 18.2 Å². The van der Waals surface area contributed by atoms with Crippen LogP contribution in [0.3, 0.4) is 0 Å². The van der Waals surface area contributed by atoms with Crippen molar-refractivity contribution in [2.24, 2.45) is 0 Å². The normalized spacial score (nSPS) is 14.1. The van der Waals surface area contributed by atoms with Crippen molar-refractivity contribution >= 4 is 23.5 Å². The van der Waals surface area contributed by atoms with Gasteiger partial charge in [-0.2, -0.15) is 0 Å². The van der Waals surface area contributed by atoms with Gasteiger partial charge < -0.3 is 9.47 Å². The summed E-state index contributed by atoms with van der Waals surface area (Å²) in [4.78, 5) is 12.6. The Bertz CT molecular complexity index is 1130. The molecule has 0 atom stereocenters. The molecule has 1 aliphatic rings. The van der Waals surface area contributed by atoms with Crippen molar-refractivity contribution in [2.75, 3.05) is 0 Å². The first-order valence-electron chi connectivity index (χ1n) is 9.13. The van der Waals surface area contributed by atoms with Gasteiger partial charge in [0.05, 0.1) is 10.6 Å². The van der Waals surface area contributed by atoms with Crippen molar-refractivity contribution in [1.82, 2.24) is 0 Å². The number of allylic oxidation sites excluding steroid dienone is 1. The molecular formula is C24H18ClFO3. The number of hydrogen-bond donors (Lipinski definition) is 0. The zero-order chi connectivity index (χ0) is 20.5. The Balaban J connectivity index is 1.56. The number of carbonyl (C=O) groups excluding carboxylic acids is 1. The van der Waals surface area contributed by atoms with E-state index in [4.69, 9.17) is 21.1 Å². The second-order valence-electron chi connectivity index (χ2n) is 6.95. The molecule has 29 heavy (non-hydrogen) atoms. The van der Waals surface area contributed by atoms with E-state index in [9.17, 15) is 9.18 Å². The fraction of sp³-hybridized carbons (Fsp3) is 0.125. The SMILES string of the molecule is Cc1ccc(C)c(COc2ccc3c(c2)OC(=Cc2c(F)cccc2Cl)C3=O)c1. The summed E-state index contributed by atoms with van der Waals surface area (Å²) in [5, 5.41) is 0.211. The average Bonchev–Trinajstić information content (AvgIpc) is 3.00. The van der Waals surface area contributed by atoms with E-state index >= 15 is 0 Å². The van der Waals surface area contributed by atoms with Crippen LogP contribution in [0.25, 0.3) is 6.08 Å². The lowest BCUT2D eigenvalue weighted by molar-refractivity contribution is 0.101. The molecule has 0 aliphatic carbocycles. The zero-order valence-electron chi connectivity index (χ0n) is 16.0. The Morgan fingerprint density at radius 1 is 1.10 bits per heavy atom. The van der Waals surface area contributed by atoms with Crippen molar-refractivity contribution < 1.29 is 18.7 Å². The van der Waals surface area contributed by atoms with E-state index in [1.165, 1.54) is 23.8 Å². The molecular weight excluding hydrogens is 391 g/mol. The minimum Gasteiger partial charge on any atom is -0.489 e. The van der Waals surface area contributed by atoms with Gasteiger partial charge in [0.2, 0.25) is 5.78 Å². The molecule has 3 nitrogen and oxygen atoms in total. The number of ether oxygens (including phenoxy) is 2. The highest BCUT2D eigenvalue weighted by Gasteiger charge is 2.28. The first-order chi connectivity index (χ1) is 13.9. The lowest BCUT2D eigenvalue weighted by Gasteiger charge is -2.10. The molecule has 1 heterocycles. The third-order valence-corrected chi connectivity index (χ3v) is 5.15. The molecule has 0 bridgehead atoms. The van der Waals surface area contributed by atoms with E-state index in [0.29, 0.717) is 23.7 Å². The van der Waals surface area contributed by atoms with Gasteiger partial charge in [0.1, 0.15) is 23.9 Å². The van der Waals surface area contributed by atoms with Gasteiger partial charge in [0, 0.05) is 11.6 Å². The minimum atomic E-state index is -0.519. The molecule has 3 aromatic rings. The van der Waals surface area contributed by atoms with Crippen LogP contribution in [-0.4, -0.2) is 5.78 Å². The predicted molar refractivity (Wildman–Crippen MR) is 111 cm³/mol. The fourth-order valence-electron chi connectivity index (χ4n) is 3.15. The van der Waals surface area contributed by atoms with Gasteiger partial charge in [0.25, 0.3) is 0 Å². The van der Waals surface area contributed by atoms with Gasteiger partial charge in [-0.05, 0) is 55.3 Å². The Morgan fingerprint density at radius 2 is 1.93 bits per heavy atom. The third-order valence-electron chi connectivity index (χ3n) is 4.82. The van der Waals surface area contributed by atoms with Crippen LogP contribution in [0.2, 0.25) is 5.02 Å². The molecule has 0 amide bonds. The van der Waals surface area contributed by atoms with Crippen LogP contribution in [0.4, 0.5) is 4.39 Å². The van der Waals surface area contributed by atoms with Crippen LogP contribution in [-0.2, 0) is 6.61 Å². The van der Waals surface area contributed by atoms with Crippen LogP contribution in [0.15, 0.2) is 60.4 Å². The molecule has 0 aromatic heterocycles. The number of Topliss-reactive ketones (excluding diaryl/α,β-unsaturated/α-hetero) is 1. The Labute approximate surface area is 173 Å². The Kier molecular flexibility index (Phi) is 5.12. The molecule has 0 saturated carbocycles. The van der Waals surface area contributed by atoms with Crippen molar-refractivity contribution in [3.63, 3.8) is 0 Å². The summed E-state index contributed by atoms with van der Waals surface area (Å²) in [5.41, 5.74) is 3.94. The van der Waals surface area contributed by atoms with Crippen molar-refractivity contribution in [3.8, 4) is 11.5 Å². The van der Waals surface area contributed by atoms with Gasteiger partial charge in [-0.1, -0.05) is 41.4 Å². The summed E-state index contributed by atoms with van der Waals surface area (Å²) in [5.74, 6) is 0.156. The highest BCUT2D eigenvalue weighted by atomic mass is 35.5. The summed E-state index contributed by atoms with van der Waals surface area (Å²) >= 11 is 6.04. The van der Waals surface area contributed by atoms with Crippen LogP contribution in [0.5, 0.6) is 11.5 Å². The van der Waals surface area contributed by atoms with Crippen molar-refractivity contribution in [2.45, 2.75) is 20.5 Å². The van der Waals surface area contributed by atoms with Crippen molar-refractivity contribution in [3.05, 3.63) is 99.0 Å². The molecule has 3 aromatic carbocycles. The largest absolute Gasteiger partial charge is 0.489 e. The average molecular weight is 409 g/mol. The van der Waals surface area contributed by atoms with E-state index < -0.39 is 5.82 Å². The summed E-state index contributed by atoms with van der Waals surface area (Å²) < 4.78 is 25.6. The molecule has 0 saturated heterocycles. The predicted octanol–water partition coefficient (Wildman–Crippen LogP) is 6.29. The summed E-state index contributed by atoms with van der Waals surface area (Å²) in [6.07, 6.45) is 1.33. The number of aryl methyl sites for hydroxylation is 2. The Hall–Kier alpha value is -3.11. The van der Waals surface area contributed by atoms with Gasteiger partial charge in [-0.25, -0.2) is 4.39 Å². The topological polar surface area (TPSA) is 35.5 Å². The number of hydrogen-bond acceptors (Lipinski definition) is 3. The van der Waals surface area contributed by atoms with Gasteiger partial charge in [-0.3, -0.25) is 4.79 Å². The molecule has 146 valence electrons. The second kappa shape index (κ2) is 7.72. The molecule has 0 unspecified atom stereocenters. The molecule has 0 spiro atoms. The zero-order valence-corrected chi connectivity index (χ0v) is 16.7.